The first-order chi connectivity index (χ1) is 30.1. The van der Waals surface area contributed by atoms with Gasteiger partial charge in [-0.25, -0.2) is 27.2 Å². The van der Waals surface area contributed by atoms with Crippen molar-refractivity contribution >= 4 is 11.9 Å². The molecule has 4 aliphatic heterocycles. The molecule has 0 spiro atoms. The van der Waals surface area contributed by atoms with E-state index in [1.165, 1.54) is 49.0 Å². The first-order valence-electron chi connectivity index (χ1n) is 21.3. The quantitative estimate of drug-likeness (QED) is 0.124. The largest absolute Gasteiger partial charge is 0.447 e. The van der Waals surface area contributed by atoms with Crippen LogP contribution in [0.15, 0.2) is 60.7 Å². The highest BCUT2D eigenvalue weighted by atomic mass is 19.1. The van der Waals surface area contributed by atoms with Crippen LogP contribution in [0.3, 0.4) is 0 Å². The maximum absolute atomic E-state index is 14.5. The summed E-state index contributed by atoms with van der Waals surface area (Å²) < 4.78 is 107. The van der Waals surface area contributed by atoms with E-state index in [0.29, 0.717) is 36.8 Å². The van der Waals surface area contributed by atoms with Crippen molar-refractivity contribution in [1.82, 2.24) is 0 Å². The van der Waals surface area contributed by atoms with E-state index in [2.05, 4.69) is 7.11 Å². The van der Waals surface area contributed by atoms with E-state index in [9.17, 15) is 37.4 Å². The molecule has 2 aromatic carbocycles. The number of halogens is 4. The van der Waals surface area contributed by atoms with Crippen LogP contribution in [0.1, 0.15) is 102 Å². The summed E-state index contributed by atoms with van der Waals surface area (Å²) in [5, 5.41) is 19.2. The van der Waals surface area contributed by atoms with Crippen molar-refractivity contribution in [3.05, 3.63) is 78.9 Å². The zero-order valence-corrected chi connectivity index (χ0v) is 38.5. The molecule has 64 heavy (non-hydrogen) atoms. The summed E-state index contributed by atoms with van der Waals surface area (Å²) >= 11 is 0. The second-order valence-corrected chi connectivity index (χ2v) is 16.5. The Morgan fingerprint density at radius 1 is 0.531 bits per heavy atom. The molecule has 14 nitrogen and oxygen atoms in total. The molecule has 16 atom stereocenters. The predicted molar refractivity (Wildman–Crippen MR) is 225 cm³/mol. The first-order valence-corrected chi connectivity index (χ1v) is 21.3. The zero-order valence-electron chi connectivity index (χ0n) is 38.5. The number of ether oxygens (including phenoxy) is 10. The van der Waals surface area contributed by atoms with Crippen LogP contribution in [0.2, 0.25) is 0 Å². The van der Waals surface area contributed by atoms with E-state index in [1.54, 1.807) is 67.6 Å². The standard InChI is InChI=1S/C15H19FO4.C15H18FO4.2C8H15FO3/c2*1-4-11-12(16)15(2,14(18-3)19-11)20-13(17)10-8-6-5-7-9-10;2*1-4-5-6(9)8(2,10)7(11-3)12-5/h5-9,11-12,14H,4H2,1-3H3;5-9,11-12,14H,3-4H2,1-2H3;2*5-7,10H,4H2,1-3H3/q;+1;;/t11-,12-,14-,15+;11-,12-,14-,15-;5-,6-,7-,8+;5-,6-,7-,8-/m1111/s1. The Labute approximate surface area is 374 Å². The van der Waals surface area contributed by atoms with Crippen molar-refractivity contribution < 1.29 is 84.7 Å². The predicted octanol–water partition coefficient (Wildman–Crippen LogP) is 7.32. The van der Waals surface area contributed by atoms with E-state index in [-0.39, 0.29) is 0 Å². The van der Waals surface area contributed by atoms with Gasteiger partial charge in [-0.2, -0.15) is 4.74 Å². The summed E-state index contributed by atoms with van der Waals surface area (Å²) in [7, 11) is 7.46. The average molecular weight is 920 g/mol. The Morgan fingerprint density at radius 3 is 1.08 bits per heavy atom. The maximum atomic E-state index is 14.5. The summed E-state index contributed by atoms with van der Waals surface area (Å²) in [5.41, 5.74) is -5.26. The lowest BCUT2D eigenvalue weighted by Gasteiger charge is -2.30. The molecule has 0 radical (unpaired) electrons. The fourth-order valence-corrected chi connectivity index (χ4v) is 7.64. The maximum Gasteiger partial charge on any atom is 0.338 e. The van der Waals surface area contributed by atoms with Crippen molar-refractivity contribution in [2.75, 3.05) is 21.3 Å². The number of carbonyl (C=O) groups is 2. The highest BCUT2D eigenvalue weighted by molar-refractivity contribution is 5.90. The van der Waals surface area contributed by atoms with Crippen LogP contribution < -0.4 is 0 Å². The lowest BCUT2D eigenvalue weighted by molar-refractivity contribution is -0.184. The SMILES string of the molecule is CC[C@H]1O[C@@H](OC)[C@@](C)(O)[C@@H]1F.CC[C@H]1O[C@@H](OC)[C@@](C)(OC(=O)c2ccccc2)[C@@H]1F.CC[C@H]1O[C@@H](OC)[C@](C)(O)[C@@H]1F.[CH2+]O[C@@H]1O[C@H](CC)[C@@H](F)[C@@]1(C)OC(=O)c1ccccc1. The van der Waals surface area contributed by atoms with Gasteiger partial charge in [-0.15, -0.1) is 0 Å². The van der Waals surface area contributed by atoms with E-state index in [4.69, 9.17) is 47.4 Å². The van der Waals surface area contributed by atoms with Gasteiger partial charge >= 0.3 is 11.9 Å². The number of benzene rings is 2. The summed E-state index contributed by atoms with van der Waals surface area (Å²) in [6, 6.07) is 16.9. The molecule has 2 aromatic rings. The molecular formula is C46H67F4O14+. The van der Waals surface area contributed by atoms with Gasteiger partial charge in [-0.05, 0) is 77.6 Å². The van der Waals surface area contributed by atoms with E-state index in [0.717, 1.165) is 0 Å². The van der Waals surface area contributed by atoms with Crippen molar-refractivity contribution in [3.8, 4) is 0 Å². The number of hydrogen-bond acceptors (Lipinski definition) is 14. The Hall–Kier alpha value is -3.43. The molecular weight excluding hydrogens is 852 g/mol. The zero-order chi connectivity index (χ0) is 48.2. The minimum atomic E-state index is -1.52. The number of hydrogen-bond donors (Lipinski definition) is 2. The molecule has 0 unspecified atom stereocenters. The van der Waals surface area contributed by atoms with Gasteiger partial charge in [0, 0.05) is 21.3 Å². The highest BCUT2D eigenvalue weighted by Gasteiger charge is 2.60. The molecule has 18 heteroatoms. The van der Waals surface area contributed by atoms with Crippen molar-refractivity contribution in [2.24, 2.45) is 0 Å². The Balaban J connectivity index is 0.000000234. The summed E-state index contributed by atoms with van der Waals surface area (Å²) in [6.45, 7) is 13.0. The van der Waals surface area contributed by atoms with E-state index >= 15 is 0 Å². The van der Waals surface area contributed by atoms with Crippen molar-refractivity contribution in [1.29, 1.82) is 0 Å². The molecule has 0 amide bonds. The van der Waals surface area contributed by atoms with Crippen LogP contribution in [0, 0.1) is 7.11 Å². The fourth-order valence-electron chi connectivity index (χ4n) is 7.64. The number of esters is 2. The summed E-state index contributed by atoms with van der Waals surface area (Å²) in [6.07, 6.45) is -9.64. The third-order valence-corrected chi connectivity index (χ3v) is 11.6. The second-order valence-electron chi connectivity index (χ2n) is 16.5. The Bertz CT molecular complexity index is 1570. The van der Waals surface area contributed by atoms with Crippen LogP contribution in [0.4, 0.5) is 17.6 Å². The topological polar surface area (TPSA) is 167 Å². The Kier molecular flexibility index (Phi) is 20.5. The van der Waals surface area contributed by atoms with Gasteiger partial charge in [0.05, 0.1) is 35.5 Å². The average Bonchev–Trinajstić information content (AvgIpc) is 3.87. The van der Waals surface area contributed by atoms with Crippen LogP contribution in [0.5, 0.6) is 0 Å². The van der Waals surface area contributed by atoms with Gasteiger partial charge in [0.2, 0.25) is 13.4 Å². The van der Waals surface area contributed by atoms with Crippen molar-refractivity contribution in [3.63, 3.8) is 0 Å². The van der Waals surface area contributed by atoms with E-state index in [1.807, 2.05) is 20.8 Å². The highest BCUT2D eigenvalue weighted by Crippen LogP contribution is 2.41. The smallest absolute Gasteiger partial charge is 0.338 e. The van der Waals surface area contributed by atoms with Crippen LogP contribution >= 0.6 is 0 Å². The number of aliphatic hydroxyl groups is 2. The molecule has 0 aromatic heterocycles. The summed E-state index contributed by atoms with van der Waals surface area (Å²) in [4.78, 5) is 24.2. The van der Waals surface area contributed by atoms with Crippen LogP contribution in [0.25, 0.3) is 0 Å². The fraction of sp³-hybridized carbons (Fsp3) is 0.674. The second kappa shape index (κ2) is 23.8. The minimum Gasteiger partial charge on any atom is -0.447 e. The van der Waals surface area contributed by atoms with Gasteiger partial charge in [0.25, 0.3) is 6.29 Å². The van der Waals surface area contributed by atoms with Gasteiger partial charge in [0.1, 0.15) is 11.2 Å². The number of alkyl halides is 4. The normalized spacial score (nSPS) is 38.8. The molecule has 4 fully saturated rings. The third kappa shape index (κ3) is 12.1. The van der Waals surface area contributed by atoms with Gasteiger partial charge in [-0.3, -0.25) is 0 Å². The first kappa shape index (κ1) is 54.9. The minimum absolute atomic E-state index is 0.351. The molecule has 0 bridgehead atoms. The Morgan fingerprint density at radius 2 is 0.812 bits per heavy atom. The molecule has 4 heterocycles. The lowest BCUT2D eigenvalue weighted by Crippen LogP contribution is -2.48. The van der Waals surface area contributed by atoms with Gasteiger partial charge < -0.3 is 52.8 Å². The van der Waals surface area contributed by atoms with Gasteiger partial charge in [0.15, 0.2) is 48.5 Å². The van der Waals surface area contributed by atoms with Crippen LogP contribution in [-0.2, 0) is 47.4 Å². The summed E-state index contributed by atoms with van der Waals surface area (Å²) in [5.74, 6) is -1.20. The lowest BCUT2D eigenvalue weighted by atomic mass is 9.97. The van der Waals surface area contributed by atoms with Gasteiger partial charge in [-0.1, -0.05) is 64.1 Å². The van der Waals surface area contributed by atoms with Crippen LogP contribution in [-0.4, -0.2) is 140 Å². The molecule has 2 N–H and O–H groups in total. The van der Waals surface area contributed by atoms with E-state index < -0.39 is 109 Å². The number of methoxy groups -OCH3 is 3. The number of rotatable bonds is 12. The molecule has 362 valence electrons. The molecule has 4 saturated heterocycles. The van der Waals surface area contributed by atoms with Crippen molar-refractivity contribution in [2.45, 2.75) is 178 Å². The number of carbonyl (C=O) groups excluding carboxylic acids is 2. The molecule has 6 rings (SSSR count). The molecule has 4 aliphatic rings. The monoisotopic (exact) mass is 919 g/mol. The third-order valence-electron chi connectivity index (χ3n) is 11.6. The molecule has 0 saturated carbocycles. The molecule has 0 aliphatic carbocycles.